The van der Waals surface area contributed by atoms with Crippen LogP contribution in [0.25, 0.3) is 0 Å². The van der Waals surface area contributed by atoms with Crippen LogP contribution in [0, 0.1) is 0 Å². The van der Waals surface area contributed by atoms with E-state index in [9.17, 15) is 13.2 Å². The minimum atomic E-state index is -3.89. The molecular formula is C26H27ClN2O4S. The highest BCUT2D eigenvalue weighted by Crippen LogP contribution is 2.25. The molecule has 3 aromatic rings. The Hall–Kier alpha value is -2.71. The van der Waals surface area contributed by atoms with Crippen LogP contribution in [0.3, 0.4) is 0 Å². The van der Waals surface area contributed by atoms with Crippen molar-refractivity contribution >= 4 is 27.5 Å². The van der Waals surface area contributed by atoms with Crippen molar-refractivity contribution in [2.75, 3.05) is 19.7 Å². The highest BCUT2D eigenvalue weighted by molar-refractivity contribution is 7.89. The summed E-state index contributed by atoms with van der Waals surface area (Å²) in [6.45, 7) is 1.16. The zero-order valence-corrected chi connectivity index (χ0v) is 20.2. The van der Waals surface area contributed by atoms with Crippen LogP contribution in [-0.4, -0.2) is 40.1 Å². The van der Waals surface area contributed by atoms with Crippen LogP contribution in [0.1, 0.15) is 40.2 Å². The molecule has 6 nitrogen and oxygen atoms in total. The van der Waals surface area contributed by atoms with Crippen LogP contribution in [0.15, 0.2) is 83.8 Å². The lowest BCUT2D eigenvalue weighted by atomic mass is 9.91. The van der Waals surface area contributed by atoms with E-state index in [1.807, 2.05) is 60.7 Å². The third-order valence-electron chi connectivity index (χ3n) is 5.88. The lowest BCUT2D eigenvalue weighted by Gasteiger charge is -2.19. The van der Waals surface area contributed by atoms with E-state index in [2.05, 4.69) is 10.0 Å². The predicted molar refractivity (Wildman–Crippen MR) is 133 cm³/mol. The standard InChI is InChI=1S/C26H27ClN2O4S/c27-24-14-13-21(16-25(24)34(31,32)29-17-22-12-7-15-33-22)26(30)28-18-23(19-8-3-1-4-9-19)20-10-5-2-6-11-20/h1-6,8-11,13-14,16,22-23,29H,7,12,15,17-18H2,(H,28,30). The van der Waals surface area contributed by atoms with Gasteiger partial charge >= 0.3 is 0 Å². The molecule has 0 bridgehead atoms. The lowest BCUT2D eigenvalue weighted by molar-refractivity contribution is 0.0952. The molecule has 3 aromatic carbocycles. The van der Waals surface area contributed by atoms with E-state index in [4.69, 9.17) is 16.3 Å². The minimum Gasteiger partial charge on any atom is -0.377 e. The van der Waals surface area contributed by atoms with E-state index in [1.54, 1.807) is 0 Å². The minimum absolute atomic E-state index is 0.0464. The van der Waals surface area contributed by atoms with Crippen molar-refractivity contribution in [1.82, 2.24) is 10.0 Å². The number of halogens is 1. The molecule has 178 valence electrons. The topological polar surface area (TPSA) is 84.5 Å². The van der Waals surface area contributed by atoms with E-state index < -0.39 is 10.0 Å². The summed E-state index contributed by atoms with van der Waals surface area (Å²) in [6, 6.07) is 24.1. The molecule has 0 aromatic heterocycles. The number of nitrogens with one attached hydrogen (secondary N) is 2. The molecule has 2 N–H and O–H groups in total. The fraction of sp³-hybridized carbons (Fsp3) is 0.269. The Morgan fingerprint density at radius 2 is 1.65 bits per heavy atom. The van der Waals surface area contributed by atoms with E-state index in [-0.39, 0.29) is 40.0 Å². The Balaban J connectivity index is 1.49. The van der Waals surface area contributed by atoms with Gasteiger partial charge in [0.15, 0.2) is 0 Å². The maximum Gasteiger partial charge on any atom is 0.251 e. The summed E-state index contributed by atoms with van der Waals surface area (Å²) in [6.07, 6.45) is 1.58. The average molecular weight is 499 g/mol. The second-order valence-corrected chi connectivity index (χ2v) is 10.4. The quantitative estimate of drug-likeness (QED) is 0.459. The van der Waals surface area contributed by atoms with Crippen LogP contribution in [-0.2, 0) is 14.8 Å². The molecule has 1 unspecified atom stereocenters. The molecule has 8 heteroatoms. The van der Waals surface area contributed by atoms with E-state index >= 15 is 0 Å². The van der Waals surface area contributed by atoms with Crippen molar-refractivity contribution in [3.63, 3.8) is 0 Å². The monoisotopic (exact) mass is 498 g/mol. The number of amides is 1. The van der Waals surface area contributed by atoms with E-state index in [0.29, 0.717) is 13.2 Å². The first-order valence-electron chi connectivity index (χ1n) is 11.2. The van der Waals surface area contributed by atoms with Gasteiger partial charge in [-0.05, 0) is 42.2 Å². The molecule has 4 rings (SSSR count). The number of carbonyl (C=O) groups excluding carboxylic acids is 1. The van der Waals surface area contributed by atoms with Gasteiger partial charge in [-0.15, -0.1) is 0 Å². The molecule has 1 amide bonds. The summed E-state index contributed by atoms with van der Waals surface area (Å²) in [5, 5.41) is 3.01. The number of carbonyl (C=O) groups is 1. The first-order valence-corrected chi connectivity index (χ1v) is 13.1. The Labute approximate surface area is 205 Å². The van der Waals surface area contributed by atoms with Crippen molar-refractivity contribution in [1.29, 1.82) is 0 Å². The van der Waals surface area contributed by atoms with Gasteiger partial charge in [0.2, 0.25) is 10.0 Å². The maximum absolute atomic E-state index is 13.0. The molecule has 0 aliphatic carbocycles. The third kappa shape index (κ3) is 6.04. The molecular weight excluding hydrogens is 472 g/mol. The predicted octanol–water partition coefficient (Wildman–Crippen LogP) is 4.36. The van der Waals surface area contributed by atoms with Crippen LogP contribution < -0.4 is 10.0 Å². The van der Waals surface area contributed by atoms with Crippen molar-refractivity contribution < 1.29 is 17.9 Å². The molecule has 1 aliphatic heterocycles. The highest BCUT2D eigenvalue weighted by atomic mass is 35.5. The molecule has 1 saturated heterocycles. The molecule has 1 atom stereocenters. The van der Waals surface area contributed by atoms with Gasteiger partial charge in [0.05, 0.1) is 11.1 Å². The number of ether oxygens (including phenoxy) is 1. The zero-order valence-electron chi connectivity index (χ0n) is 18.6. The summed E-state index contributed by atoms with van der Waals surface area (Å²) in [4.78, 5) is 12.9. The summed E-state index contributed by atoms with van der Waals surface area (Å²) < 4.78 is 33.7. The van der Waals surface area contributed by atoms with Gasteiger partial charge in [-0.1, -0.05) is 72.3 Å². The second kappa shape index (κ2) is 11.1. The van der Waals surface area contributed by atoms with Gasteiger partial charge < -0.3 is 10.1 Å². The number of rotatable bonds is 9. The zero-order chi connectivity index (χ0) is 24.0. The van der Waals surface area contributed by atoms with Crippen LogP contribution in [0.2, 0.25) is 5.02 Å². The Morgan fingerprint density at radius 3 is 2.24 bits per heavy atom. The highest BCUT2D eigenvalue weighted by Gasteiger charge is 2.24. The van der Waals surface area contributed by atoms with Gasteiger partial charge in [-0.25, -0.2) is 13.1 Å². The van der Waals surface area contributed by atoms with Gasteiger partial charge in [0.1, 0.15) is 4.90 Å². The Bertz CT molecular complexity index is 1170. The number of benzene rings is 3. The van der Waals surface area contributed by atoms with Crippen molar-refractivity contribution in [2.24, 2.45) is 0 Å². The molecule has 34 heavy (non-hydrogen) atoms. The number of hydrogen-bond donors (Lipinski definition) is 2. The van der Waals surface area contributed by atoms with Crippen LogP contribution in [0.5, 0.6) is 0 Å². The third-order valence-corrected chi connectivity index (χ3v) is 7.78. The molecule has 1 fully saturated rings. The molecule has 0 radical (unpaired) electrons. The fourth-order valence-corrected chi connectivity index (χ4v) is 5.62. The lowest BCUT2D eigenvalue weighted by Crippen LogP contribution is -2.32. The largest absolute Gasteiger partial charge is 0.377 e. The maximum atomic E-state index is 13.0. The van der Waals surface area contributed by atoms with E-state index in [0.717, 1.165) is 24.0 Å². The van der Waals surface area contributed by atoms with Crippen molar-refractivity contribution in [2.45, 2.75) is 29.8 Å². The number of sulfonamides is 1. The smallest absolute Gasteiger partial charge is 0.251 e. The Kier molecular flexibility index (Phi) is 8.00. The van der Waals surface area contributed by atoms with E-state index in [1.165, 1.54) is 18.2 Å². The normalized spacial score (nSPS) is 16.0. The van der Waals surface area contributed by atoms with Crippen LogP contribution >= 0.6 is 11.6 Å². The SMILES string of the molecule is O=C(NCC(c1ccccc1)c1ccccc1)c1ccc(Cl)c(S(=O)(=O)NCC2CCCO2)c1. The fourth-order valence-electron chi connectivity index (χ4n) is 4.03. The molecule has 0 saturated carbocycles. The summed E-state index contributed by atoms with van der Waals surface area (Å²) in [7, 11) is -3.89. The molecule has 1 heterocycles. The number of hydrogen-bond acceptors (Lipinski definition) is 4. The Morgan fingerprint density at radius 1 is 1.00 bits per heavy atom. The van der Waals surface area contributed by atoms with Crippen LogP contribution in [0.4, 0.5) is 0 Å². The van der Waals surface area contributed by atoms with Crippen molar-refractivity contribution in [3.05, 3.63) is 101 Å². The average Bonchev–Trinajstić information content (AvgIpc) is 3.38. The van der Waals surface area contributed by atoms with Gasteiger partial charge in [0, 0.05) is 31.2 Å². The van der Waals surface area contributed by atoms with Gasteiger partial charge in [-0.3, -0.25) is 4.79 Å². The van der Waals surface area contributed by atoms with Crippen molar-refractivity contribution in [3.8, 4) is 0 Å². The second-order valence-electron chi connectivity index (χ2n) is 8.22. The molecule has 1 aliphatic rings. The summed E-state index contributed by atoms with van der Waals surface area (Å²) in [5.74, 6) is -0.418. The summed E-state index contributed by atoms with van der Waals surface area (Å²) in [5.41, 5.74) is 2.38. The first-order chi connectivity index (χ1) is 16.4. The first kappa shape index (κ1) is 24.4. The van der Waals surface area contributed by atoms with Gasteiger partial charge in [0.25, 0.3) is 5.91 Å². The molecule has 0 spiro atoms. The van der Waals surface area contributed by atoms with Gasteiger partial charge in [-0.2, -0.15) is 0 Å². The summed E-state index contributed by atoms with van der Waals surface area (Å²) >= 11 is 6.19.